The molecule has 1 aromatic carbocycles. The van der Waals surface area contributed by atoms with Gasteiger partial charge in [-0.15, -0.1) is 5.11 Å². The number of halogens is 5. The smallest absolute Gasteiger partial charge is 0.416 e. The number of benzene rings is 1. The standard InChI is InChI=1S/C12H8BrClF3N3O4S/c1-25(23,24)9-8(10(21)22)19-20-11(9,18)7-5(13)2-4(3-6(7)14)12(15,16)17/h2-3H,18H2,1H3,(H,21,22). The molecule has 0 radical (unpaired) electrons. The van der Waals surface area contributed by atoms with Crippen LogP contribution in [0.15, 0.2) is 37.4 Å². The lowest BCUT2D eigenvalue weighted by Crippen LogP contribution is -2.39. The molecule has 1 atom stereocenters. The van der Waals surface area contributed by atoms with Crippen LogP contribution in [-0.4, -0.2) is 25.7 Å². The first-order chi connectivity index (χ1) is 11.2. The normalized spacial score (nSPS) is 21.1. The molecule has 1 heterocycles. The zero-order valence-corrected chi connectivity index (χ0v) is 15.3. The summed E-state index contributed by atoms with van der Waals surface area (Å²) in [4.78, 5) is 10.3. The van der Waals surface area contributed by atoms with Crippen LogP contribution < -0.4 is 5.73 Å². The highest BCUT2D eigenvalue weighted by molar-refractivity contribution is 9.10. The Labute approximate surface area is 152 Å². The number of azo groups is 1. The van der Waals surface area contributed by atoms with Crippen LogP contribution in [-0.2, 0) is 26.5 Å². The van der Waals surface area contributed by atoms with Gasteiger partial charge in [-0.25, -0.2) is 13.2 Å². The van der Waals surface area contributed by atoms with E-state index in [4.69, 9.17) is 22.4 Å². The van der Waals surface area contributed by atoms with Crippen molar-refractivity contribution in [3.05, 3.63) is 43.4 Å². The van der Waals surface area contributed by atoms with E-state index in [9.17, 15) is 26.4 Å². The van der Waals surface area contributed by atoms with E-state index >= 15 is 0 Å². The van der Waals surface area contributed by atoms with Crippen LogP contribution in [0.3, 0.4) is 0 Å². The molecule has 13 heteroatoms. The Morgan fingerprint density at radius 3 is 2.36 bits per heavy atom. The van der Waals surface area contributed by atoms with Crippen LogP contribution in [0.4, 0.5) is 13.2 Å². The quantitative estimate of drug-likeness (QED) is 0.715. The maximum atomic E-state index is 12.9. The first kappa shape index (κ1) is 19.8. The van der Waals surface area contributed by atoms with Gasteiger partial charge in [0.1, 0.15) is 4.91 Å². The Hall–Kier alpha value is -1.50. The molecule has 136 valence electrons. The number of aliphatic carboxylic acids is 1. The number of hydrogen-bond donors (Lipinski definition) is 2. The fourth-order valence-corrected chi connectivity index (χ4v) is 4.69. The Bertz CT molecular complexity index is 922. The first-order valence-corrected chi connectivity index (χ1v) is 9.22. The van der Waals surface area contributed by atoms with Crippen molar-refractivity contribution in [3.63, 3.8) is 0 Å². The van der Waals surface area contributed by atoms with Gasteiger partial charge in [0, 0.05) is 21.3 Å². The average Bonchev–Trinajstić information content (AvgIpc) is 2.75. The van der Waals surface area contributed by atoms with Gasteiger partial charge in [0.05, 0.1) is 5.56 Å². The molecule has 2 rings (SSSR count). The van der Waals surface area contributed by atoms with E-state index in [-0.39, 0.29) is 10.0 Å². The zero-order chi connectivity index (χ0) is 19.4. The van der Waals surface area contributed by atoms with Crippen molar-refractivity contribution in [2.45, 2.75) is 11.8 Å². The minimum absolute atomic E-state index is 0.304. The van der Waals surface area contributed by atoms with Gasteiger partial charge in [0.15, 0.2) is 21.2 Å². The third-order valence-electron chi connectivity index (χ3n) is 3.19. The monoisotopic (exact) mass is 461 g/mol. The molecule has 1 aliphatic rings. The lowest BCUT2D eigenvalue weighted by atomic mass is 9.98. The molecule has 7 nitrogen and oxygen atoms in total. The third-order valence-corrected chi connectivity index (χ3v) is 5.36. The van der Waals surface area contributed by atoms with Gasteiger partial charge in [-0.2, -0.15) is 18.3 Å². The highest BCUT2D eigenvalue weighted by Gasteiger charge is 2.49. The van der Waals surface area contributed by atoms with E-state index in [0.29, 0.717) is 18.4 Å². The van der Waals surface area contributed by atoms with Crippen LogP contribution in [0.2, 0.25) is 5.02 Å². The van der Waals surface area contributed by atoms with E-state index in [1.165, 1.54) is 0 Å². The second-order valence-corrected chi connectivity index (χ2v) is 8.25. The van der Waals surface area contributed by atoms with Crippen LogP contribution in [0.1, 0.15) is 11.1 Å². The number of carboxylic acids is 1. The molecule has 0 saturated carbocycles. The lowest BCUT2D eigenvalue weighted by molar-refractivity contribution is -0.137. The number of nitrogens with zero attached hydrogens (tertiary/aromatic N) is 2. The summed E-state index contributed by atoms with van der Waals surface area (Å²) in [5.41, 5.74) is 1.14. The van der Waals surface area contributed by atoms with E-state index in [2.05, 4.69) is 26.2 Å². The number of alkyl halides is 3. The van der Waals surface area contributed by atoms with Gasteiger partial charge < -0.3 is 5.11 Å². The van der Waals surface area contributed by atoms with Gasteiger partial charge in [-0.1, -0.05) is 27.5 Å². The maximum absolute atomic E-state index is 12.9. The molecule has 1 unspecified atom stereocenters. The molecule has 0 aromatic heterocycles. The molecule has 0 fully saturated rings. The van der Waals surface area contributed by atoms with Crippen LogP contribution in [0.5, 0.6) is 0 Å². The summed E-state index contributed by atoms with van der Waals surface area (Å²) < 4.78 is 62.3. The van der Waals surface area contributed by atoms with Crippen molar-refractivity contribution in [2.24, 2.45) is 16.0 Å². The fourth-order valence-electron chi connectivity index (χ4n) is 2.26. The van der Waals surface area contributed by atoms with E-state index in [0.717, 1.165) is 0 Å². The predicted molar refractivity (Wildman–Crippen MR) is 84.4 cm³/mol. The highest BCUT2D eigenvalue weighted by atomic mass is 79.9. The molecule has 0 amide bonds. The zero-order valence-electron chi connectivity index (χ0n) is 12.1. The molecular formula is C12H8BrClF3N3O4S. The Balaban J connectivity index is 2.82. The van der Waals surface area contributed by atoms with Crippen molar-refractivity contribution in [1.82, 2.24) is 0 Å². The van der Waals surface area contributed by atoms with Crippen LogP contribution in [0.25, 0.3) is 0 Å². The highest BCUT2D eigenvalue weighted by Crippen LogP contribution is 2.47. The van der Waals surface area contributed by atoms with Crippen molar-refractivity contribution in [3.8, 4) is 0 Å². The van der Waals surface area contributed by atoms with Crippen molar-refractivity contribution < 1.29 is 31.5 Å². The second kappa shape index (κ2) is 6.04. The Morgan fingerprint density at radius 1 is 1.40 bits per heavy atom. The molecule has 1 aliphatic heterocycles. The molecule has 25 heavy (non-hydrogen) atoms. The number of carbonyl (C=O) groups is 1. The average molecular weight is 463 g/mol. The summed E-state index contributed by atoms with van der Waals surface area (Å²) in [5.74, 6) is -1.71. The number of carboxylic acid groups (broad SMARTS) is 1. The fraction of sp³-hybridized carbons (Fsp3) is 0.250. The molecule has 1 aromatic rings. The van der Waals surface area contributed by atoms with Gasteiger partial charge in [-0.3, -0.25) is 5.73 Å². The van der Waals surface area contributed by atoms with Crippen LogP contribution >= 0.6 is 27.5 Å². The van der Waals surface area contributed by atoms with Gasteiger partial charge >= 0.3 is 12.1 Å². The van der Waals surface area contributed by atoms with Crippen LogP contribution in [0, 0.1) is 0 Å². The van der Waals surface area contributed by atoms with Gasteiger partial charge in [-0.05, 0) is 12.1 Å². The summed E-state index contributed by atoms with van der Waals surface area (Å²) >= 11 is 8.73. The van der Waals surface area contributed by atoms with Crippen molar-refractivity contribution in [2.75, 3.05) is 6.26 Å². The minimum atomic E-state index is -4.72. The topological polar surface area (TPSA) is 122 Å². The molecule has 0 saturated heterocycles. The summed E-state index contributed by atoms with van der Waals surface area (Å²) in [7, 11) is -4.24. The minimum Gasteiger partial charge on any atom is -0.476 e. The van der Waals surface area contributed by atoms with E-state index in [1.807, 2.05) is 0 Å². The summed E-state index contributed by atoms with van der Waals surface area (Å²) in [5, 5.41) is 15.3. The maximum Gasteiger partial charge on any atom is 0.416 e. The van der Waals surface area contributed by atoms with Crippen molar-refractivity contribution >= 4 is 43.3 Å². The largest absolute Gasteiger partial charge is 0.476 e. The first-order valence-electron chi connectivity index (χ1n) is 6.16. The van der Waals surface area contributed by atoms with Gasteiger partial charge in [0.25, 0.3) is 0 Å². The Kier molecular flexibility index (Phi) is 4.79. The van der Waals surface area contributed by atoms with Crippen molar-refractivity contribution in [1.29, 1.82) is 0 Å². The van der Waals surface area contributed by atoms with Gasteiger partial charge in [0.2, 0.25) is 0 Å². The summed E-state index contributed by atoms with van der Waals surface area (Å²) in [6, 6.07) is 1.16. The summed E-state index contributed by atoms with van der Waals surface area (Å²) in [6.07, 6.45) is -4.04. The number of nitrogens with two attached hydrogens (primary N) is 1. The summed E-state index contributed by atoms with van der Waals surface area (Å²) in [6.45, 7) is 0. The molecule has 0 aliphatic carbocycles. The van der Waals surface area contributed by atoms with E-state index in [1.54, 1.807) is 0 Å². The molecule has 0 bridgehead atoms. The number of sulfone groups is 1. The number of rotatable bonds is 3. The number of hydrogen-bond acceptors (Lipinski definition) is 6. The lowest BCUT2D eigenvalue weighted by Gasteiger charge is -2.25. The molecular weight excluding hydrogens is 455 g/mol. The third kappa shape index (κ3) is 3.43. The van der Waals surface area contributed by atoms with E-state index < -0.39 is 48.8 Å². The molecule has 3 N–H and O–H groups in total. The predicted octanol–water partition coefficient (Wildman–Crippen LogP) is 3.04. The Morgan fingerprint density at radius 2 is 1.96 bits per heavy atom. The SMILES string of the molecule is CS(=O)(=O)C1=C(C(=O)O)N=NC1(N)c1c(Cl)cc(C(F)(F)F)cc1Br. The second-order valence-electron chi connectivity index (χ2n) is 5.03. The molecule has 0 spiro atoms.